The van der Waals surface area contributed by atoms with Crippen molar-refractivity contribution in [1.29, 1.82) is 0 Å². The van der Waals surface area contributed by atoms with Crippen LogP contribution in [0, 0.1) is 5.92 Å². The number of hydrogen-bond donors (Lipinski definition) is 1. The third-order valence-electron chi connectivity index (χ3n) is 5.86. The van der Waals surface area contributed by atoms with E-state index >= 15 is 0 Å². The van der Waals surface area contributed by atoms with Gasteiger partial charge in [0.2, 0.25) is 5.95 Å². The molecule has 0 amide bonds. The fourth-order valence-corrected chi connectivity index (χ4v) is 4.24. The van der Waals surface area contributed by atoms with Gasteiger partial charge < -0.3 is 14.9 Å². The smallest absolute Gasteiger partial charge is 0.303 e. The lowest BCUT2D eigenvalue weighted by Crippen LogP contribution is -2.47. The van der Waals surface area contributed by atoms with Crippen molar-refractivity contribution in [1.82, 2.24) is 9.97 Å². The number of hydrogen-bond acceptors (Lipinski definition) is 5. The Morgan fingerprint density at radius 2 is 2.12 bits per heavy atom. The Labute approximate surface area is 151 Å². The summed E-state index contributed by atoms with van der Waals surface area (Å²) in [6.07, 6.45) is 2.66. The Morgan fingerprint density at radius 1 is 1.31 bits per heavy atom. The highest BCUT2D eigenvalue weighted by Crippen LogP contribution is 2.44. The number of fused-ring (bicyclic) bond motifs is 1. The van der Waals surface area contributed by atoms with Gasteiger partial charge in [-0.25, -0.2) is 4.98 Å². The molecule has 1 N–H and O–H groups in total. The van der Waals surface area contributed by atoms with Crippen molar-refractivity contribution in [2.45, 2.75) is 57.4 Å². The zero-order chi connectivity index (χ0) is 18.5. The summed E-state index contributed by atoms with van der Waals surface area (Å²) in [7, 11) is 0. The van der Waals surface area contributed by atoms with Crippen LogP contribution in [0.1, 0.15) is 50.3 Å². The van der Waals surface area contributed by atoms with E-state index in [1.807, 2.05) is 16.7 Å². The molecular formula is C18H24F2N4O2. The Kier molecular flexibility index (Phi) is 4.23. The first kappa shape index (κ1) is 17.4. The van der Waals surface area contributed by atoms with Crippen molar-refractivity contribution in [3.8, 4) is 0 Å². The molecule has 2 aliphatic heterocycles. The summed E-state index contributed by atoms with van der Waals surface area (Å²) in [6.45, 7) is 4.04. The standard InChI is InChI=1S/C18H24F2N4O2/c1-11-4-8-24(11)17-21-15-13(3-2-6-18(15,19)20)16(22-17)23-7-5-12(10-23)9-14(25)26/h11-12H,2-10H2,1H3,(H,25,26). The second-order valence-electron chi connectivity index (χ2n) is 7.76. The van der Waals surface area contributed by atoms with E-state index in [9.17, 15) is 13.6 Å². The molecule has 0 bridgehead atoms. The molecule has 0 saturated carbocycles. The summed E-state index contributed by atoms with van der Waals surface area (Å²) in [5, 5.41) is 9.03. The number of nitrogens with zero attached hydrogens (tertiary/aromatic N) is 4. The van der Waals surface area contributed by atoms with Crippen LogP contribution >= 0.6 is 0 Å². The average molecular weight is 366 g/mol. The SMILES string of the molecule is CC1CCN1c1nc(N2CCC(CC(=O)O)C2)c2c(n1)C(F)(F)CCC2. The van der Waals surface area contributed by atoms with Crippen molar-refractivity contribution in [3.63, 3.8) is 0 Å². The molecule has 2 saturated heterocycles. The van der Waals surface area contributed by atoms with Crippen LogP contribution in [-0.4, -0.2) is 46.7 Å². The molecule has 1 aliphatic carbocycles. The van der Waals surface area contributed by atoms with Crippen molar-refractivity contribution < 1.29 is 18.7 Å². The molecule has 3 heterocycles. The fourth-order valence-electron chi connectivity index (χ4n) is 4.24. The maximum Gasteiger partial charge on any atom is 0.303 e. The lowest BCUT2D eigenvalue weighted by atomic mass is 9.92. The van der Waals surface area contributed by atoms with Gasteiger partial charge in [-0.15, -0.1) is 0 Å². The predicted octanol–water partition coefficient (Wildman–Crippen LogP) is 2.80. The molecule has 4 rings (SSSR count). The minimum Gasteiger partial charge on any atom is -0.481 e. The number of aromatic nitrogens is 2. The molecule has 2 unspecified atom stereocenters. The molecule has 1 aromatic rings. The number of carbonyl (C=O) groups is 1. The van der Waals surface area contributed by atoms with Crippen molar-refractivity contribution in [3.05, 3.63) is 11.3 Å². The quantitative estimate of drug-likeness (QED) is 0.884. The van der Waals surface area contributed by atoms with Crippen molar-refractivity contribution in [2.24, 2.45) is 5.92 Å². The van der Waals surface area contributed by atoms with Gasteiger partial charge in [-0.05, 0) is 38.5 Å². The monoisotopic (exact) mass is 366 g/mol. The third-order valence-corrected chi connectivity index (χ3v) is 5.86. The van der Waals surface area contributed by atoms with Gasteiger partial charge in [0.1, 0.15) is 11.5 Å². The summed E-state index contributed by atoms with van der Waals surface area (Å²) < 4.78 is 29.1. The zero-order valence-electron chi connectivity index (χ0n) is 14.9. The van der Waals surface area contributed by atoms with Crippen molar-refractivity contribution >= 4 is 17.7 Å². The van der Waals surface area contributed by atoms with Crippen LogP contribution in [0.3, 0.4) is 0 Å². The molecule has 1 aromatic heterocycles. The molecule has 6 nitrogen and oxygen atoms in total. The van der Waals surface area contributed by atoms with Gasteiger partial charge in [0.05, 0.1) is 0 Å². The van der Waals surface area contributed by atoms with Crippen LogP contribution in [0.4, 0.5) is 20.5 Å². The van der Waals surface area contributed by atoms with Gasteiger partial charge in [-0.3, -0.25) is 4.79 Å². The first-order chi connectivity index (χ1) is 12.3. The van der Waals surface area contributed by atoms with E-state index in [-0.39, 0.29) is 30.5 Å². The Morgan fingerprint density at radius 3 is 2.77 bits per heavy atom. The second-order valence-corrected chi connectivity index (χ2v) is 7.76. The van der Waals surface area contributed by atoms with E-state index in [2.05, 4.69) is 9.97 Å². The van der Waals surface area contributed by atoms with Crippen molar-refractivity contribution in [2.75, 3.05) is 29.4 Å². The van der Waals surface area contributed by atoms with Crippen LogP contribution < -0.4 is 9.80 Å². The summed E-state index contributed by atoms with van der Waals surface area (Å²) in [6, 6.07) is 0.261. The molecule has 26 heavy (non-hydrogen) atoms. The summed E-state index contributed by atoms with van der Waals surface area (Å²) in [5.74, 6) is -2.72. The van der Waals surface area contributed by atoms with E-state index in [4.69, 9.17) is 5.11 Å². The lowest BCUT2D eigenvalue weighted by Gasteiger charge is -2.40. The zero-order valence-corrected chi connectivity index (χ0v) is 14.9. The molecule has 3 aliphatic rings. The Hall–Kier alpha value is -1.99. The number of rotatable bonds is 4. The number of alkyl halides is 2. The average Bonchev–Trinajstić information content (AvgIpc) is 3.00. The van der Waals surface area contributed by atoms with Crippen LogP contribution in [-0.2, 0) is 17.1 Å². The number of aliphatic carboxylic acids is 1. The molecule has 8 heteroatoms. The topological polar surface area (TPSA) is 69.6 Å². The van der Waals surface area contributed by atoms with Crippen LogP contribution in [0.5, 0.6) is 0 Å². The van der Waals surface area contributed by atoms with E-state index in [0.29, 0.717) is 43.3 Å². The lowest BCUT2D eigenvalue weighted by molar-refractivity contribution is -0.137. The van der Waals surface area contributed by atoms with Gasteiger partial charge in [-0.1, -0.05) is 0 Å². The molecule has 2 fully saturated rings. The predicted molar refractivity (Wildman–Crippen MR) is 92.9 cm³/mol. The number of carboxylic acid groups (broad SMARTS) is 1. The first-order valence-electron chi connectivity index (χ1n) is 9.38. The van der Waals surface area contributed by atoms with Gasteiger partial charge in [0, 0.05) is 44.1 Å². The van der Waals surface area contributed by atoms with Crippen LogP contribution in [0.2, 0.25) is 0 Å². The summed E-state index contributed by atoms with van der Waals surface area (Å²) in [4.78, 5) is 23.9. The van der Waals surface area contributed by atoms with Gasteiger partial charge >= 0.3 is 5.97 Å². The Bertz CT molecular complexity index is 727. The van der Waals surface area contributed by atoms with Gasteiger partial charge in [-0.2, -0.15) is 13.8 Å². The molecule has 0 radical (unpaired) electrons. The third kappa shape index (κ3) is 2.99. The minimum absolute atomic E-state index is 0.0357. The van der Waals surface area contributed by atoms with E-state index in [0.717, 1.165) is 19.4 Å². The normalized spacial score (nSPS) is 27.2. The molecule has 0 aromatic carbocycles. The second kappa shape index (κ2) is 6.32. The molecular weight excluding hydrogens is 342 g/mol. The van der Waals surface area contributed by atoms with E-state index in [1.165, 1.54) is 0 Å². The molecule has 142 valence electrons. The maximum absolute atomic E-state index is 14.6. The van der Waals surface area contributed by atoms with Crippen LogP contribution in [0.25, 0.3) is 0 Å². The summed E-state index contributed by atoms with van der Waals surface area (Å²) >= 11 is 0. The number of anilines is 2. The highest BCUT2D eigenvalue weighted by molar-refractivity contribution is 5.67. The number of halogens is 2. The van der Waals surface area contributed by atoms with E-state index in [1.54, 1.807) is 0 Å². The molecule has 2 atom stereocenters. The highest BCUT2D eigenvalue weighted by Gasteiger charge is 2.42. The molecule has 0 spiro atoms. The fraction of sp³-hybridized carbons (Fsp3) is 0.722. The maximum atomic E-state index is 14.6. The van der Waals surface area contributed by atoms with E-state index < -0.39 is 11.9 Å². The highest BCUT2D eigenvalue weighted by atomic mass is 19.3. The first-order valence-corrected chi connectivity index (χ1v) is 9.38. The van der Waals surface area contributed by atoms with Crippen LogP contribution in [0.15, 0.2) is 0 Å². The Balaban J connectivity index is 1.71. The summed E-state index contributed by atoms with van der Waals surface area (Å²) in [5.41, 5.74) is 0.429. The van der Waals surface area contributed by atoms with Gasteiger partial charge in [0.15, 0.2) is 0 Å². The number of carboxylic acids is 1. The minimum atomic E-state index is -2.92. The van der Waals surface area contributed by atoms with Gasteiger partial charge in [0.25, 0.3) is 5.92 Å². The largest absolute Gasteiger partial charge is 0.481 e.